The van der Waals surface area contributed by atoms with E-state index in [4.69, 9.17) is 5.73 Å². The summed E-state index contributed by atoms with van der Waals surface area (Å²) < 4.78 is 0. The second-order valence-electron chi connectivity index (χ2n) is 6.44. The van der Waals surface area contributed by atoms with Crippen molar-refractivity contribution < 1.29 is 9.90 Å². The van der Waals surface area contributed by atoms with Gasteiger partial charge in [0, 0.05) is 18.6 Å². The minimum absolute atomic E-state index is 0.311. The summed E-state index contributed by atoms with van der Waals surface area (Å²) in [5, 5.41) is 9.30. The highest BCUT2D eigenvalue weighted by Crippen LogP contribution is 2.31. The maximum absolute atomic E-state index is 11.3. The summed E-state index contributed by atoms with van der Waals surface area (Å²) in [5.74, 6) is -0.841. The molecular weight excluding hydrogens is 242 g/mol. The van der Waals surface area contributed by atoms with E-state index in [1.165, 1.54) is 19.4 Å². The van der Waals surface area contributed by atoms with Gasteiger partial charge in [0.2, 0.25) is 0 Å². The Morgan fingerprint density at radius 1 is 1.37 bits per heavy atom. The maximum atomic E-state index is 11.3. The van der Waals surface area contributed by atoms with Gasteiger partial charge in [-0.25, -0.2) is 0 Å². The molecule has 1 heterocycles. The molecule has 1 saturated carbocycles. The van der Waals surface area contributed by atoms with E-state index < -0.39 is 11.5 Å². The number of carbonyl (C=O) groups is 1. The molecule has 0 amide bonds. The van der Waals surface area contributed by atoms with Crippen molar-refractivity contribution in [1.29, 1.82) is 0 Å². The summed E-state index contributed by atoms with van der Waals surface area (Å²) in [5.41, 5.74) is 5.03. The van der Waals surface area contributed by atoms with Gasteiger partial charge >= 0.3 is 5.97 Å². The first kappa shape index (κ1) is 14.8. The molecule has 19 heavy (non-hydrogen) atoms. The number of likely N-dealkylation sites (tertiary alicyclic amines) is 1. The maximum Gasteiger partial charge on any atom is 0.323 e. The Morgan fingerprint density at radius 2 is 2.05 bits per heavy atom. The fourth-order valence-corrected chi connectivity index (χ4v) is 3.59. The second kappa shape index (κ2) is 5.77. The molecule has 0 aromatic carbocycles. The Kier molecular flexibility index (Phi) is 4.48. The molecule has 3 unspecified atom stereocenters. The first-order valence-electron chi connectivity index (χ1n) is 7.35. The van der Waals surface area contributed by atoms with Gasteiger partial charge in [-0.05, 0) is 59.2 Å². The molecule has 2 rings (SSSR count). The number of aliphatic carboxylic acids is 1. The van der Waals surface area contributed by atoms with E-state index in [0.29, 0.717) is 24.9 Å². The van der Waals surface area contributed by atoms with Crippen LogP contribution in [0.1, 0.15) is 38.5 Å². The molecule has 2 aliphatic rings. The highest BCUT2D eigenvalue weighted by molar-refractivity contribution is 5.78. The van der Waals surface area contributed by atoms with E-state index in [1.807, 2.05) is 0 Å². The van der Waals surface area contributed by atoms with Crippen LogP contribution in [0.4, 0.5) is 0 Å². The first-order chi connectivity index (χ1) is 8.92. The van der Waals surface area contributed by atoms with Crippen LogP contribution < -0.4 is 5.73 Å². The summed E-state index contributed by atoms with van der Waals surface area (Å²) >= 11 is 0. The number of hydrogen-bond donors (Lipinski definition) is 2. The van der Waals surface area contributed by atoms with Crippen LogP contribution in [-0.2, 0) is 4.79 Å². The third-order valence-electron chi connectivity index (χ3n) is 4.94. The van der Waals surface area contributed by atoms with E-state index in [1.54, 1.807) is 0 Å². The van der Waals surface area contributed by atoms with Gasteiger partial charge < -0.3 is 15.7 Å². The van der Waals surface area contributed by atoms with Crippen molar-refractivity contribution in [2.24, 2.45) is 5.73 Å². The lowest BCUT2D eigenvalue weighted by atomic mass is 9.78. The van der Waals surface area contributed by atoms with Gasteiger partial charge in [-0.1, -0.05) is 0 Å². The van der Waals surface area contributed by atoms with Crippen molar-refractivity contribution in [2.75, 3.05) is 27.2 Å². The fourth-order valence-electron chi connectivity index (χ4n) is 3.59. The van der Waals surface area contributed by atoms with Gasteiger partial charge in [0.1, 0.15) is 5.54 Å². The Hall–Kier alpha value is -0.650. The Balaban J connectivity index is 1.98. The molecule has 2 fully saturated rings. The molecule has 3 N–H and O–H groups in total. The van der Waals surface area contributed by atoms with E-state index in [0.717, 1.165) is 19.4 Å². The molecular formula is C14H27N3O2. The lowest BCUT2D eigenvalue weighted by Crippen LogP contribution is -2.57. The quantitative estimate of drug-likeness (QED) is 0.791. The highest BCUT2D eigenvalue weighted by Gasteiger charge is 2.41. The third kappa shape index (κ3) is 3.27. The Morgan fingerprint density at radius 3 is 2.68 bits per heavy atom. The van der Waals surface area contributed by atoms with E-state index >= 15 is 0 Å². The van der Waals surface area contributed by atoms with Gasteiger partial charge in [0.25, 0.3) is 0 Å². The van der Waals surface area contributed by atoms with Crippen molar-refractivity contribution in [3.8, 4) is 0 Å². The van der Waals surface area contributed by atoms with Crippen LogP contribution in [0, 0.1) is 0 Å². The van der Waals surface area contributed by atoms with Crippen molar-refractivity contribution in [1.82, 2.24) is 9.80 Å². The zero-order valence-electron chi connectivity index (χ0n) is 12.1. The summed E-state index contributed by atoms with van der Waals surface area (Å²) in [6.07, 6.45) is 5.62. The lowest BCUT2D eigenvalue weighted by molar-refractivity contribution is -0.145. The predicted molar refractivity (Wildman–Crippen MR) is 75.1 cm³/mol. The third-order valence-corrected chi connectivity index (χ3v) is 4.94. The van der Waals surface area contributed by atoms with Gasteiger partial charge in [-0.3, -0.25) is 9.69 Å². The van der Waals surface area contributed by atoms with Gasteiger partial charge in [0.15, 0.2) is 0 Å². The van der Waals surface area contributed by atoms with Crippen LogP contribution in [0.5, 0.6) is 0 Å². The first-order valence-corrected chi connectivity index (χ1v) is 7.35. The van der Waals surface area contributed by atoms with Crippen LogP contribution in [0.3, 0.4) is 0 Å². The molecule has 0 bridgehead atoms. The zero-order chi connectivity index (χ0) is 14.0. The normalized spacial score (nSPS) is 37.5. The molecule has 3 atom stereocenters. The second-order valence-corrected chi connectivity index (χ2v) is 6.44. The average molecular weight is 269 g/mol. The monoisotopic (exact) mass is 269 g/mol. The van der Waals surface area contributed by atoms with Crippen molar-refractivity contribution in [3.63, 3.8) is 0 Å². The molecule has 0 spiro atoms. The number of piperidine rings is 1. The summed E-state index contributed by atoms with van der Waals surface area (Å²) in [4.78, 5) is 16.1. The number of carboxylic acids is 1. The molecule has 0 aromatic rings. The number of rotatable bonds is 3. The predicted octanol–water partition coefficient (Wildman–Crippen LogP) is 0.737. The van der Waals surface area contributed by atoms with Crippen LogP contribution in [-0.4, -0.2) is 65.7 Å². The Bertz CT molecular complexity index is 337. The smallest absolute Gasteiger partial charge is 0.323 e. The Labute approximate surface area is 115 Å². The molecule has 1 aliphatic heterocycles. The summed E-state index contributed by atoms with van der Waals surface area (Å²) in [7, 11) is 4.30. The van der Waals surface area contributed by atoms with Gasteiger partial charge in [-0.2, -0.15) is 0 Å². The fraction of sp³-hybridized carbons (Fsp3) is 0.929. The molecule has 0 radical (unpaired) electrons. The lowest BCUT2D eigenvalue weighted by Gasteiger charge is -2.44. The molecule has 1 saturated heterocycles. The van der Waals surface area contributed by atoms with Crippen LogP contribution in [0.15, 0.2) is 0 Å². The molecule has 0 aromatic heterocycles. The topological polar surface area (TPSA) is 69.8 Å². The molecule has 5 nitrogen and oxygen atoms in total. The zero-order valence-corrected chi connectivity index (χ0v) is 12.1. The van der Waals surface area contributed by atoms with E-state index in [9.17, 15) is 9.90 Å². The minimum Gasteiger partial charge on any atom is -0.480 e. The number of hydrogen-bond acceptors (Lipinski definition) is 4. The largest absolute Gasteiger partial charge is 0.480 e. The summed E-state index contributed by atoms with van der Waals surface area (Å²) in [6.45, 7) is 2.25. The van der Waals surface area contributed by atoms with Crippen molar-refractivity contribution in [2.45, 2.75) is 56.1 Å². The molecule has 110 valence electrons. The van der Waals surface area contributed by atoms with Crippen molar-refractivity contribution >= 4 is 5.97 Å². The SMILES string of the molecule is CN1CCCC(N(C)C2CCCC(N)(C(=O)O)C2)C1. The van der Waals surface area contributed by atoms with Crippen LogP contribution in [0.25, 0.3) is 0 Å². The number of likely N-dealkylation sites (N-methyl/N-ethyl adjacent to an activating group) is 2. The highest BCUT2D eigenvalue weighted by atomic mass is 16.4. The number of nitrogens with zero attached hydrogens (tertiary/aromatic N) is 2. The van der Waals surface area contributed by atoms with Crippen molar-refractivity contribution in [3.05, 3.63) is 0 Å². The van der Waals surface area contributed by atoms with Gasteiger partial charge in [0.05, 0.1) is 0 Å². The molecule has 1 aliphatic carbocycles. The number of carboxylic acid groups (broad SMARTS) is 1. The standard InChI is InChI=1S/C14H27N3O2/c1-16-8-4-6-12(10-16)17(2)11-5-3-7-14(15,9-11)13(18)19/h11-12H,3-10,15H2,1-2H3,(H,18,19). The minimum atomic E-state index is -1.02. The van der Waals surface area contributed by atoms with Gasteiger partial charge in [-0.15, -0.1) is 0 Å². The average Bonchev–Trinajstić information content (AvgIpc) is 2.38. The molecule has 5 heteroatoms. The number of nitrogens with two attached hydrogens (primary N) is 1. The van der Waals surface area contributed by atoms with Crippen LogP contribution in [0.2, 0.25) is 0 Å². The van der Waals surface area contributed by atoms with E-state index in [-0.39, 0.29) is 0 Å². The van der Waals surface area contributed by atoms with E-state index in [2.05, 4.69) is 23.9 Å². The summed E-state index contributed by atoms with van der Waals surface area (Å²) in [6, 6.07) is 0.853. The van der Waals surface area contributed by atoms with Crippen LogP contribution >= 0.6 is 0 Å².